The molecule has 1 heterocycles. The van der Waals surface area contributed by atoms with Gasteiger partial charge in [0.1, 0.15) is 17.2 Å². The van der Waals surface area contributed by atoms with Crippen LogP contribution < -0.4 is 25.6 Å². The molecule has 1 aromatic heterocycles. The first-order valence-corrected chi connectivity index (χ1v) is 11.6. The number of hydrogen-bond donors (Lipinski definition) is 3. The van der Waals surface area contributed by atoms with E-state index in [-0.39, 0.29) is 0 Å². The first-order valence-electron chi connectivity index (χ1n) is 11.6. The SMILES string of the molecule is CNC.CNc1cc(Oc2ccnc(C=O)c2)ccc1N(C)CNC1CC(C)CC(C)(C)C1. The van der Waals surface area contributed by atoms with Crippen molar-refractivity contribution in [2.45, 2.75) is 46.1 Å². The Balaban J connectivity index is 0.00000122. The fourth-order valence-corrected chi connectivity index (χ4v) is 4.66. The molecule has 1 aliphatic carbocycles. The summed E-state index contributed by atoms with van der Waals surface area (Å²) in [6.45, 7) is 7.90. The lowest BCUT2D eigenvalue weighted by Crippen LogP contribution is -2.44. The number of carbonyl (C=O) groups is 1. The largest absolute Gasteiger partial charge is 0.457 e. The molecule has 3 rings (SSSR count). The van der Waals surface area contributed by atoms with Gasteiger partial charge in [-0.05, 0) is 62.9 Å². The molecule has 3 N–H and O–H groups in total. The quantitative estimate of drug-likeness (QED) is 0.391. The number of rotatable bonds is 8. The van der Waals surface area contributed by atoms with Crippen LogP contribution in [0.25, 0.3) is 0 Å². The minimum absolute atomic E-state index is 0.351. The number of hydrogen-bond acceptors (Lipinski definition) is 7. The lowest BCUT2D eigenvalue weighted by atomic mass is 9.71. The second-order valence-electron chi connectivity index (χ2n) is 9.74. The Morgan fingerprint density at radius 2 is 1.85 bits per heavy atom. The summed E-state index contributed by atoms with van der Waals surface area (Å²) in [4.78, 5) is 17.1. The van der Waals surface area contributed by atoms with E-state index in [0.717, 1.165) is 24.0 Å². The average Bonchev–Trinajstić information content (AvgIpc) is 2.76. The third kappa shape index (κ3) is 8.33. The molecule has 0 radical (unpaired) electrons. The maximum Gasteiger partial charge on any atom is 0.168 e. The zero-order chi connectivity index (χ0) is 24.4. The molecule has 2 unspecified atom stereocenters. The van der Waals surface area contributed by atoms with Gasteiger partial charge < -0.3 is 20.3 Å². The van der Waals surface area contributed by atoms with Crippen molar-refractivity contribution in [2.24, 2.45) is 11.3 Å². The lowest BCUT2D eigenvalue weighted by molar-refractivity contribution is 0.111. The molecule has 0 bridgehead atoms. The molecule has 2 atom stereocenters. The number of pyridine rings is 1. The Morgan fingerprint density at radius 1 is 1.15 bits per heavy atom. The Labute approximate surface area is 199 Å². The van der Waals surface area contributed by atoms with Crippen LogP contribution in [-0.2, 0) is 0 Å². The highest BCUT2D eigenvalue weighted by molar-refractivity contribution is 5.73. The van der Waals surface area contributed by atoms with E-state index in [9.17, 15) is 4.79 Å². The second kappa shape index (κ2) is 12.6. The topological polar surface area (TPSA) is 78.5 Å². The number of carbonyl (C=O) groups excluding carboxylic acids is 1. The predicted molar refractivity (Wildman–Crippen MR) is 138 cm³/mol. The van der Waals surface area contributed by atoms with Crippen molar-refractivity contribution in [2.75, 3.05) is 45.1 Å². The fourth-order valence-electron chi connectivity index (χ4n) is 4.66. The Bertz CT molecular complexity index is 887. The van der Waals surface area contributed by atoms with Gasteiger partial charge in [-0.3, -0.25) is 15.1 Å². The van der Waals surface area contributed by atoms with E-state index in [1.165, 1.54) is 19.3 Å². The molecule has 1 aliphatic rings. The maximum absolute atomic E-state index is 10.9. The molecule has 0 spiro atoms. The van der Waals surface area contributed by atoms with E-state index in [1.54, 1.807) is 18.3 Å². The van der Waals surface area contributed by atoms with Gasteiger partial charge in [-0.15, -0.1) is 0 Å². The Morgan fingerprint density at radius 3 is 2.48 bits per heavy atom. The molecular formula is C26H41N5O2. The minimum atomic E-state index is 0.351. The van der Waals surface area contributed by atoms with Crippen LogP contribution in [0, 0.1) is 11.3 Å². The second-order valence-corrected chi connectivity index (χ2v) is 9.74. The highest BCUT2D eigenvalue weighted by atomic mass is 16.5. The zero-order valence-corrected chi connectivity index (χ0v) is 21.2. The molecular weight excluding hydrogens is 414 g/mol. The van der Waals surface area contributed by atoms with Crippen LogP contribution in [0.4, 0.5) is 11.4 Å². The summed E-state index contributed by atoms with van der Waals surface area (Å²) in [6, 6.07) is 9.88. The van der Waals surface area contributed by atoms with Gasteiger partial charge in [0.2, 0.25) is 0 Å². The van der Waals surface area contributed by atoms with Gasteiger partial charge >= 0.3 is 0 Å². The fraction of sp³-hybridized carbons (Fsp3) is 0.538. The number of aromatic nitrogens is 1. The Hall–Kier alpha value is -2.64. The van der Waals surface area contributed by atoms with Crippen molar-refractivity contribution in [1.29, 1.82) is 0 Å². The summed E-state index contributed by atoms with van der Waals surface area (Å²) in [6.07, 6.45) is 6.03. The third-order valence-electron chi connectivity index (χ3n) is 5.76. The number of benzene rings is 1. The Kier molecular flexibility index (Phi) is 10.1. The molecule has 182 valence electrons. The molecule has 1 fully saturated rings. The molecule has 1 aromatic carbocycles. The highest BCUT2D eigenvalue weighted by Crippen LogP contribution is 2.38. The van der Waals surface area contributed by atoms with E-state index in [4.69, 9.17) is 4.74 Å². The monoisotopic (exact) mass is 455 g/mol. The number of nitrogens with one attached hydrogen (secondary N) is 3. The summed E-state index contributed by atoms with van der Waals surface area (Å²) in [5.74, 6) is 2.05. The molecule has 0 saturated heterocycles. The summed E-state index contributed by atoms with van der Waals surface area (Å²) in [5.41, 5.74) is 2.84. The summed E-state index contributed by atoms with van der Waals surface area (Å²) in [7, 11) is 7.76. The van der Waals surface area contributed by atoms with Gasteiger partial charge in [0.15, 0.2) is 6.29 Å². The standard InChI is InChI=1S/C24H34N4O2.C2H7N/c1-17-10-18(14-24(2,3)13-17)27-16-28(5)23-7-6-20(12-22(23)25-4)30-21-8-9-26-19(11-21)15-29;1-3-2/h6-9,11-12,15,17-18,25,27H,10,13-14,16H2,1-5H3;3H,1-2H3. The number of aldehydes is 1. The molecule has 7 nitrogen and oxygen atoms in total. The van der Waals surface area contributed by atoms with Crippen molar-refractivity contribution in [1.82, 2.24) is 15.6 Å². The lowest BCUT2D eigenvalue weighted by Gasteiger charge is -2.40. The van der Waals surface area contributed by atoms with Gasteiger partial charge in [-0.25, -0.2) is 0 Å². The van der Waals surface area contributed by atoms with Crippen LogP contribution in [0.15, 0.2) is 36.5 Å². The van der Waals surface area contributed by atoms with Gasteiger partial charge in [-0.1, -0.05) is 20.8 Å². The van der Waals surface area contributed by atoms with Crippen LogP contribution in [0.3, 0.4) is 0 Å². The van der Waals surface area contributed by atoms with E-state index >= 15 is 0 Å². The van der Waals surface area contributed by atoms with Crippen LogP contribution in [0.1, 0.15) is 50.5 Å². The van der Waals surface area contributed by atoms with Gasteiger partial charge in [0, 0.05) is 38.5 Å². The number of ether oxygens (including phenoxy) is 1. The van der Waals surface area contributed by atoms with Crippen LogP contribution >= 0.6 is 0 Å². The summed E-state index contributed by atoms with van der Waals surface area (Å²) in [5, 5.41) is 9.77. The van der Waals surface area contributed by atoms with Gasteiger partial charge in [0.05, 0.1) is 18.0 Å². The zero-order valence-electron chi connectivity index (χ0n) is 21.2. The van der Waals surface area contributed by atoms with Crippen molar-refractivity contribution in [3.05, 3.63) is 42.2 Å². The third-order valence-corrected chi connectivity index (χ3v) is 5.76. The molecule has 0 aliphatic heterocycles. The van der Waals surface area contributed by atoms with Gasteiger partial charge in [0.25, 0.3) is 0 Å². The van der Waals surface area contributed by atoms with E-state index in [2.05, 4.69) is 59.7 Å². The molecule has 0 amide bonds. The van der Waals surface area contributed by atoms with E-state index in [1.807, 2.05) is 33.3 Å². The summed E-state index contributed by atoms with van der Waals surface area (Å²) >= 11 is 0. The van der Waals surface area contributed by atoms with Crippen molar-refractivity contribution >= 4 is 17.7 Å². The average molecular weight is 456 g/mol. The molecule has 7 heteroatoms. The van der Waals surface area contributed by atoms with E-state index < -0.39 is 0 Å². The summed E-state index contributed by atoms with van der Waals surface area (Å²) < 4.78 is 5.91. The predicted octanol–water partition coefficient (Wildman–Crippen LogP) is 4.76. The molecule has 33 heavy (non-hydrogen) atoms. The first kappa shape index (κ1) is 26.6. The van der Waals surface area contributed by atoms with Crippen molar-refractivity contribution < 1.29 is 9.53 Å². The molecule has 1 saturated carbocycles. The minimum Gasteiger partial charge on any atom is -0.457 e. The van der Waals surface area contributed by atoms with Gasteiger partial charge in [-0.2, -0.15) is 0 Å². The number of nitrogens with zero attached hydrogens (tertiary/aromatic N) is 2. The van der Waals surface area contributed by atoms with Crippen LogP contribution in [-0.4, -0.2) is 52.2 Å². The van der Waals surface area contributed by atoms with E-state index in [0.29, 0.717) is 34.9 Å². The smallest absolute Gasteiger partial charge is 0.168 e. The van der Waals surface area contributed by atoms with Crippen LogP contribution in [0.2, 0.25) is 0 Å². The first-order chi connectivity index (χ1) is 15.7. The van der Waals surface area contributed by atoms with Crippen molar-refractivity contribution in [3.63, 3.8) is 0 Å². The normalized spacial score (nSPS) is 19.1. The van der Waals surface area contributed by atoms with Crippen LogP contribution in [0.5, 0.6) is 11.5 Å². The highest BCUT2D eigenvalue weighted by Gasteiger charge is 2.31. The van der Waals surface area contributed by atoms with Crippen molar-refractivity contribution in [3.8, 4) is 11.5 Å². The molecule has 2 aromatic rings. The number of anilines is 2. The maximum atomic E-state index is 10.9.